The van der Waals surface area contributed by atoms with Crippen molar-refractivity contribution in [3.05, 3.63) is 95.8 Å². The van der Waals surface area contributed by atoms with E-state index < -0.39 is 24.3 Å². The number of imidazole rings is 2. The number of carbonyl (C=O) groups excluding carboxylic acids is 4. The van der Waals surface area contributed by atoms with Crippen molar-refractivity contribution < 1.29 is 33.4 Å². The van der Waals surface area contributed by atoms with Crippen molar-refractivity contribution in [1.82, 2.24) is 44.9 Å². The fraction of sp³-hybridized carbons (Fsp3) is 0.412. The number of methoxy groups -OCH3 is 3. The number of amides is 4. The summed E-state index contributed by atoms with van der Waals surface area (Å²) in [5, 5.41) is 6.60. The van der Waals surface area contributed by atoms with Crippen LogP contribution in [0.25, 0.3) is 50.4 Å². The van der Waals surface area contributed by atoms with Crippen molar-refractivity contribution in [2.24, 2.45) is 11.8 Å². The highest BCUT2D eigenvalue weighted by molar-refractivity contribution is 5.98. The predicted molar refractivity (Wildman–Crippen MR) is 254 cm³/mol. The molecule has 4 atom stereocenters. The third kappa shape index (κ3) is 8.49. The summed E-state index contributed by atoms with van der Waals surface area (Å²) < 4.78 is 17.7. The van der Waals surface area contributed by atoms with Crippen molar-refractivity contribution in [3.8, 4) is 45.2 Å². The molecule has 5 heterocycles. The van der Waals surface area contributed by atoms with Gasteiger partial charge < -0.3 is 49.2 Å². The molecule has 16 nitrogen and oxygen atoms in total. The summed E-state index contributed by atoms with van der Waals surface area (Å²) in [4.78, 5) is 72.3. The summed E-state index contributed by atoms with van der Waals surface area (Å²) in [5.41, 5.74) is 10.5. The van der Waals surface area contributed by atoms with Crippen molar-refractivity contribution >= 4 is 34.9 Å². The maximum Gasteiger partial charge on any atom is 0.407 e. The lowest BCUT2D eigenvalue weighted by molar-refractivity contribution is -0.136. The molecule has 1 aliphatic carbocycles. The van der Waals surface area contributed by atoms with Gasteiger partial charge >= 0.3 is 12.2 Å². The van der Waals surface area contributed by atoms with Gasteiger partial charge in [0.15, 0.2) is 0 Å². The zero-order valence-electron chi connectivity index (χ0n) is 39.1. The first-order valence-corrected chi connectivity index (χ1v) is 23.2. The van der Waals surface area contributed by atoms with Gasteiger partial charge in [0.1, 0.15) is 29.5 Å². The highest BCUT2D eigenvalue weighted by Crippen LogP contribution is 2.45. The highest BCUT2D eigenvalue weighted by atomic mass is 16.5. The molecule has 2 fully saturated rings. The molecule has 3 aromatic heterocycles. The van der Waals surface area contributed by atoms with Crippen LogP contribution in [0.4, 0.5) is 9.59 Å². The van der Waals surface area contributed by atoms with Crippen LogP contribution in [0, 0.1) is 11.8 Å². The van der Waals surface area contributed by atoms with E-state index in [0.29, 0.717) is 18.9 Å². The number of nitrogens with one attached hydrogen (secondary N) is 4. The molecule has 67 heavy (non-hydrogen) atoms. The zero-order valence-corrected chi connectivity index (χ0v) is 39.1. The van der Waals surface area contributed by atoms with Crippen LogP contribution in [0.15, 0.2) is 73.1 Å². The lowest BCUT2D eigenvalue weighted by atomic mass is 9.87. The van der Waals surface area contributed by atoms with Gasteiger partial charge in [0, 0.05) is 41.4 Å². The number of aryl methyl sites for hydroxylation is 2. The van der Waals surface area contributed by atoms with Gasteiger partial charge in [0.2, 0.25) is 11.8 Å². The maximum absolute atomic E-state index is 13.8. The quantitative estimate of drug-likeness (QED) is 0.0937. The van der Waals surface area contributed by atoms with E-state index >= 15 is 0 Å². The Hall–Kier alpha value is -7.10. The molecule has 4 N–H and O–H groups in total. The first-order valence-electron chi connectivity index (χ1n) is 23.2. The van der Waals surface area contributed by atoms with Crippen LogP contribution in [0.5, 0.6) is 5.75 Å². The van der Waals surface area contributed by atoms with Crippen LogP contribution in [-0.4, -0.2) is 105 Å². The van der Waals surface area contributed by atoms with Gasteiger partial charge in [-0.1, -0.05) is 52.0 Å². The Morgan fingerprint density at radius 2 is 1.27 bits per heavy atom. The predicted octanol–water partition coefficient (Wildman–Crippen LogP) is 8.27. The fourth-order valence-corrected chi connectivity index (χ4v) is 10.2. The second kappa shape index (κ2) is 18.6. The van der Waals surface area contributed by atoms with E-state index in [1.165, 1.54) is 25.3 Å². The topological polar surface area (TPSA) is 189 Å². The average molecular weight is 910 g/mol. The Morgan fingerprint density at radius 3 is 1.82 bits per heavy atom. The smallest absolute Gasteiger partial charge is 0.407 e. The number of hydrogen-bond acceptors (Lipinski definition) is 9. The molecular formula is C51H59N9O7. The van der Waals surface area contributed by atoms with Crippen LogP contribution >= 0.6 is 0 Å². The van der Waals surface area contributed by atoms with Crippen LogP contribution in [-0.2, 0) is 31.9 Å². The van der Waals surface area contributed by atoms with Crippen LogP contribution in [0.3, 0.4) is 0 Å². The van der Waals surface area contributed by atoms with Gasteiger partial charge in [-0.05, 0) is 97.4 Å². The summed E-state index contributed by atoms with van der Waals surface area (Å²) in [7, 11) is 4.27. The number of fused-ring (bicyclic) bond motifs is 5. The number of nitrogens with zero attached hydrogens (tertiary/aromatic N) is 5. The minimum atomic E-state index is -0.714. The number of ether oxygens (including phenoxy) is 3. The summed E-state index contributed by atoms with van der Waals surface area (Å²) in [5.74, 6) is 1.66. The lowest BCUT2D eigenvalue weighted by Crippen LogP contribution is -2.51. The zero-order chi connectivity index (χ0) is 47.1. The molecule has 9 rings (SSSR count). The summed E-state index contributed by atoms with van der Waals surface area (Å²) in [6.45, 7) is 8.80. The molecule has 16 heteroatoms. The Balaban J connectivity index is 1.03. The summed E-state index contributed by atoms with van der Waals surface area (Å²) in [6, 6.07) is 19.4. The van der Waals surface area contributed by atoms with E-state index in [4.69, 9.17) is 24.2 Å². The number of benzene rings is 3. The average Bonchev–Trinajstić information content (AvgIpc) is 4.20. The van der Waals surface area contributed by atoms with Gasteiger partial charge in [0.25, 0.3) is 0 Å². The molecule has 2 aliphatic heterocycles. The van der Waals surface area contributed by atoms with Crippen molar-refractivity contribution in [2.45, 2.75) is 90.4 Å². The minimum Gasteiger partial charge on any atom is -0.497 e. The number of aromatic nitrogens is 5. The molecule has 4 amide bonds. The molecule has 2 saturated heterocycles. The molecule has 3 aliphatic rings. The van der Waals surface area contributed by atoms with E-state index in [-0.39, 0.29) is 35.7 Å². The molecule has 0 bridgehead atoms. The van der Waals surface area contributed by atoms with Crippen molar-refractivity contribution in [2.75, 3.05) is 34.4 Å². The molecule has 3 aromatic carbocycles. The van der Waals surface area contributed by atoms with Gasteiger partial charge in [-0.3, -0.25) is 9.59 Å². The van der Waals surface area contributed by atoms with Crippen LogP contribution < -0.4 is 15.4 Å². The largest absolute Gasteiger partial charge is 0.497 e. The highest BCUT2D eigenvalue weighted by Gasteiger charge is 2.39. The Kier molecular flexibility index (Phi) is 12.5. The number of likely N-dealkylation sites (tertiary alicyclic amines) is 2. The standard InChI is InChI=1S/C51H59N9O7/c1-28(2)43(56-50(63)66-6)48(61)58-21-9-13-41(58)46-52-26-38(54-46)31-16-18-35-30(23-31)15-19-36-37-24-32(17-20-40(37)60(45(35)36)33-11-8-12-34(25-33)65-5)39-27-53-47(55-39)42-14-10-22-59(42)49(62)44(29(3)4)57-51(64)67-7/h8,11-12,16-18,20,23-29,41-44H,9-10,13-15,19,21-22H2,1-7H3,(H,52,54)(H,53,55)(H,56,63)(H,57,64)/t41-,42-,43-,44-/m0/s1. The van der Waals surface area contributed by atoms with Gasteiger partial charge in [-0.25, -0.2) is 19.6 Å². The first kappa shape index (κ1) is 45.1. The second-order valence-electron chi connectivity index (χ2n) is 18.4. The number of carbonyl (C=O) groups is 4. The molecule has 350 valence electrons. The van der Waals surface area contributed by atoms with Crippen molar-refractivity contribution in [1.29, 1.82) is 0 Å². The molecule has 0 saturated carbocycles. The number of hydrogen-bond donors (Lipinski definition) is 4. The number of aromatic amines is 2. The van der Waals surface area contributed by atoms with E-state index in [2.05, 4.69) is 73.7 Å². The SMILES string of the molecule is COC(=O)N[C@H](C(=O)N1CCC[C@H]1c1ncc(-c2ccc3c(c2)CCc2c-3n(-c3cccc(OC)c3)c3ccc(-c4cnc([C@@H]5CCCN5C(=O)[C@@H](NC(=O)OC)C(C)C)[nH]4)cc23)[nH]1)C(C)C. The number of H-pyrrole nitrogens is 2. The second-order valence-corrected chi connectivity index (χ2v) is 18.4. The van der Waals surface area contributed by atoms with Gasteiger partial charge in [-0.2, -0.15) is 0 Å². The molecule has 0 spiro atoms. The minimum absolute atomic E-state index is 0.123. The summed E-state index contributed by atoms with van der Waals surface area (Å²) in [6.07, 6.45) is 7.28. The number of rotatable bonds is 12. The lowest BCUT2D eigenvalue weighted by Gasteiger charge is -2.30. The fourth-order valence-electron chi connectivity index (χ4n) is 10.2. The maximum atomic E-state index is 13.8. The van der Waals surface area contributed by atoms with Gasteiger partial charge in [0.05, 0.1) is 68.4 Å². The van der Waals surface area contributed by atoms with E-state index in [1.54, 1.807) is 7.11 Å². The van der Waals surface area contributed by atoms with Crippen molar-refractivity contribution in [3.63, 3.8) is 0 Å². The third-order valence-corrected chi connectivity index (χ3v) is 13.7. The Morgan fingerprint density at radius 1 is 0.701 bits per heavy atom. The Bertz CT molecular complexity index is 2840. The molecule has 0 unspecified atom stereocenters. The van der Waals surface area contributed by atoms with E-state index in [9.17, 15) is 19.2 Å². The summed E-state index contributed by atoms with van der Waals surface area (Å²) >= 11 is 0. The molecule has 6 aromatic rings. The third-order valence-electron chi connectivity index (χ3n) is 13.7. The number of alkyl carbamates (subject to hydrolysis) is 2. The van der Waals surface area contributed by atoms with Gasteiger partial charge in [-0.15, -0.1) is 0 Å². The normalized spacial score (nSPS) is 17.6. The molecular weight excluding hydrogens is 851 g/mol. The monoisotopic (exact) mass is 909 g/mol. The van der Waals surface area contributed by atoms with E-state index in [0.717, 1.165) is 100 Å². The molecule has 0 radical (unpaired) electrons. The Labute approximate surface area is 389 Å². The van der Waals surface area contributed by atoms with Crippen LogP contribution in [0.2, 0.25) is 0 Å². The van der Waals surface area contributed by atoms with Crippen LogP contribution in [0.1, 0.15) is 88.2 Å². The van der Waals surface area contributed by atoms with E-state index in [1.807, 2.05) is 62.0 Å². The first-order chi connectivity index (χ1) is 32.4.